The van der Waals surface area contributed by atoms with E-state index in [2.05, 4.69) is 15.9 Å². The van der Waals surface area contributed by atoms with Gasteiger partial charge in [-0.3, -0.25) is 0 Å². The van der Waals surface area contributed by atoms with Crippen LogP contribution in [0.1, 0.15) is 18.8 Å². The molecule has 0 aliphatic heterocycles. The summed E-state index contributed by atoms with van der Waals surface area (Å²) in [5, 5.41) is 9.79. The first-order valence-corrected chi connectivity index (χ1v) is 4.86. The molecule has 1 aromatic rings. The Balaban J connectivity index is 2.67. The monoisotopic (exact) mass is 248 g/mol. The molecule has 0 amide bonds. The normalized spacial score (nSPS) is 15.7. The van der Waals surface area contributed by atoms with E-state index in [1.807, 2.05) is 6.92 Å². The Morgan fingerprint density at radius 2 is 2.38 bits per heavy atom. The predicted octanol–water partition coefficient (Wildman–Crippen LogP) is 2.36. The summed E-state index contributed by atoms with van der Waals surface area (Å²) in [7, 11) is 1.61. The van der Waals surface area contributed by atoms with Crippen LogP contribution in [-0.2, 0) is 4.74 Å². The standard InChI is InChI=1S/C9H13BrO3/c1-6(5-12-2)8(11)9-7(10)3-4-13-9/h3-4,6,8,11H,5H2,1-2H3. The molecule has 0 aromatic carbocycles. The van der Waals surface area contributed by atoms with Crippen molar-refractivity contribution < 1.29 is 14.3 Å². The van der Waals surface area contributed by atoms with E-state index in [0.29, 0.717) is 12.4 Å². The van der Waals surface area contributed by atoms with E-state index in [4.69, 9.17) is 9.15 Å². The van der Waals surface area contributed by atoms with Crippen molar-refractivity contribution in [1.82, 2.24) is 0 Å². The second-order valence-corrected chi connectivity index (χ2v) is 3.86. The van der Waals surface area contributed by atoms with E-state index < -0.39 is 6.10 Å². The molecule has 1 heterocycles. The van der Waals surface area contributed by atoms with Crippen LogP contribution >= 0.6 is 15.9 Å². The molecule has 4 heteroatoms. The van der Waals surface area contributed by atoms with Gasteiger partial charge in [0, 0.05) is 13.0 Å². The van der Waals surface area contributed by atoms with Crippen molar-refractivity contribution in [2.45, 2.75) is 13.0 Å². The van der Waals surface area contributed by atoms with Gasteiger partial charge in [0.1, 0.15) is 11.9 Å². The number of hydrogen-bond donors (Lipinski definition) is 1. The van der Waals surface area contributed by atoms with Crippen molar-refractivity contribution in [3.63, 3.8) is 0 Å². The largest absolute Gasteiger partial charge is 0.465 e. The molecule has 0 fully saturated rings. The Labute approximate surface area is 85.8 Å². The molecule has 1 rings (SSSR count). The van der Waals surface area contributed by atoms with Gasteiger partial charge in [-0.05, 0) is 22.0 Å². The van der Waals surface area contributed by atoms with Gasteiger partial charge in [0.25, 0.3) is 0 Å². The molecule has 2 atom stereocenters. The van der Waals surface area contributed by atoms with Gasteiger partial charge in [-0.1, -0.05) is 6.92 Å². The highest BCUT2D eigenvalue weighted by Crippen LogP contribution is 2.29. The van der Waals surface area contributed by atoms with Crippen LogP contribution in [0, 0.1) is 5.92 Å². The van der Waals surface area contributed by atoms with E-state index in [1.54, 1.807) is 19.4 Å². The summed E-state index contributed by atoms with van der Waals surface area (Å²) in [6, 6.07) is 1.76. The number of aliphatic hydroxyl groups excluding tert-OH is 1. The second kappa shape index (κ2) is 4.79. The van der Waals surface area contributed by atoms with Crippen LogP contribution in [0.4, 0.5) is 0 Å². The van der Waals surface area contributed by atoms with Gasteiger partial charge >= 0.3 is 0 Å². The molecule has 1 N–H and O–H groups in total. The zero-order chi connectivity index (χ0) is 9.84. The van der Waals surface area contributed by atoms with E-state index in [1.165, 1.54) is 0 Å². The summed E-state index contributed by atoms with van der Waals surface area (Å²) in [4.78, 5) is 0. The third-order valence-corrected chi connectivity index (χ3v) is 2.54. The first-order chi connectivity index (χ1) is 6.16. The number of aliphatic hydroxyl groups is 1. The minimum atomic E-state index is -0.621. The predicted molar refractivity (Wildman–Crippen MR) is 52.4 cm³/mol. The zero-order valence-electron chi connectivity index (χ0n) is 7.66. The van der Waals surface area contributed by atoms with Crippen LogP contribution in [0.2, 0.25) is 0 Å². The maximum atomic E-state index is 9.79. The number of hydrogen-bond acceptors (Lipinski definition) is 3. The maximum absolute atomic E-state index is 9.79. The second-order valence-electron chi connectivity index (χ2n) is 3.01. The van der Waals surface area contributed by atoms with E-state index in [-0.39, 0.29) is 5.92 Å². The summed E-state index contributed by atoms with van der Waals surface area (Å²) >= 11 is 3.29. The zero-order valence-corrected chi connectivity index (χ0v) is 9.24. The van der Waals surface area contributed by atoms with Gasteiger partial charge in [-0.15, -0.1) is 0 Å². The van der Waals surface area contributed by atoms with Gasteiger partial charge in [0.15, 0.2) is 0 Å². The lowest BCUT2D eigenvalue weighted by atomic mass is 10.0. The lowest BCUT2D eigenvalue weighted by molar-refractivity contribution is 0.0425. The maximum Gasteiger partial charge on any atom is 0.146 e. The van der Waals surface area contributed by atoms with Gasteiger partial charge in [0.2, 0.25) is 0 Å². The molecular weight excluding hydrogens is 236 g/mol. The molecule has 0 bridgehead atoms. The molecule has 74 valence electrons. The van der Waals surface area contributed by atoms with Crippen LogP contribution < -0.4 is 0 Å². The fourth-order valence-electron chi connectivity index (χ4n) is 1.13. The SMILES string of the molecule is COCC(C)C(O)c1occc1Br. The van der Waals surface area contributed by atoms with E-state index in [0.717, 1.165) is 4.47 Å². The highest BCUT2D eigenvalue weighted by molar-refractivity contribution is 9.10. The summed E-state index contributed by atoms with van der Waals surface area (Å²) in [5.41, 5.74) is 0. The Kier molecular flexibility index (Phi) is 3.96. The first-order valence-electron chi connectivity index (χ1n) is 4.06. The number of ether oxygens (including phenoxy) is 1. The fourth-order valence-corrected chi connectivity index (χ4v) is 1.56. The Bertz CT molecular complexity index is 259. The fraction of sp³-hybridized carbons (Fsp3) is 0.556. The third-order valence-electron chi connectivity index (χ3n) is 1.88. The Morgan fingerprint density at radius 1 is 1.69 bits per heavy atom. The third kappa shape index (κ3) is 2.56. The summed E-state index contributed by atoms with van der Waals surface area (Å²) in [5.74, 6) is 0.581. The molecule has 2 unspecified atom stereocenters. The van der Waals surface area contributed by atoms with Crippen LogP contribution in [-0.4, -0.2) is 18.8 Å². The minimum absolute atomic E-state index is 0.0208. The molecule has 0 saturated heterocycles. The van der Waals surface area contributed by atoms with Crippen LogP contribution in [0.5, 0.6) is 0 Å². The lowest BCUT2D eigenvalue weighted by Crippen LogP contribution is -2.14. The van der Waals surface area contributed by atoms with Crippen LogP contribution in [0.15, 0.2) is 21.2 Å². The molecular formula is C9H13BrO3. The number of methoxy groups -OCH3 is 1. The quantitative estimate of drug-likeness (QED) is 0.890. The van der Waals surface area contributed by atoms with Gasteiger partial charge in [-0.2, -0.15) is 0 Å². The van der Waals surface area contributed by atoms with Crippen molar-refractivity contribution >= 4 is 15.9 Å². The van der Waals surface area contributed by atoms with Gasteiger partial charge in [0.05, 0.1) is 17.3 Å². The van der Waals surface area contributed by atoms with Crippen LogP contribution in [0.3, 0.4) is 0 Å². The molecule has 0 saturated carbocycles. The summed E-state index contributed by atoms with van der Waals surface area (Å²) < 4.78 is 10.9. The average Bonchev–Trinajstić information content (AvgIpc) is 2.50. The lowest BCUT2D eigenvalue weighted by Gasteiger charge is -2.15. The molecule has 0 aliphatic rings. The molecule has 0 spiro atoms. The van der Waals surface area contributed by atoms with Gasteiger partial charge < -0.3 is 14.3 Å². The molecule has 0 radical (unpaired) electrons. The molecule has 0 aliphatic carbocycles. The number of halogens is 1. The van der Waals surface area contributed by atoms with Crippen molar-refractivity contribution in [2.75, 3.05) is 13.7 Å². The van der Waals surface area contributed by atoms with Crippen molar-refractivity contribution in [3.05, 3.63) is 22.6 Å². The average molecular weight is 249 g/mol. The number of rotatable bonds is 4. The van der Waals surface area contributed by atoms with Gasteiger partial charge in [-0.25, -0.2) is 0 Å². The summed E-state index contributed by atoms with van der Waals surface area (Å²) in [6.07, 6.45) is 0.923. The topological polar surface area (TPSA) is 42.6 Å². The smallest absolute Gasteiger partial charge is 0.146 e. The molecule has 13 heavy (non-hydrogen) atoms. The highest BCUT2D eigenvalue weighted by atomic mass is 79.9. The Morgan fingerprint density at radius 3 is 2.85 bits per heavy atom. The van der Waals surface area contributed by atoms with E-state index >= 15 is 0 Å². The molecule has 1 aromatic heterocycles. The van der Waals surface area contributed by atoms with Crippen LogP contribution in [0.25, 0.3) is 0 Å². The van der Waals surface area contributed by atoms with Crippen molar-refractivity contribution in [2.24, 2.45) is 5.92 Å². The summed E-state index contributed by atoms with van der Waals surface area (Å²) in [6.45, 7) is 2.41. The van der Waals surface area contributed by atoms with E-state index in [9.17, 15) is 5.11 Å². The van der Waals surface area contributed by atoms with Crippen molar-refractivity contribution in [3.8, 4) is 0 Å². The Hall–Kier alpha value is -0.320. The highest BCUT2D eigenvalue weighted by Gasteiger charge is 2.21. The first kappa shape index (κ1) is 10.8. The minimum Gasteiger partial charge on any atom is -0.465 e. The van der Waals surface area contributed by atoms with Crippen molar-refractivity contribution in [1.29, 1.82) is 0 Å². The number of furan rings is 1. The molecule has 3 nitrogen and oxygen atoms in total.